The standard InChI is InChI=1S/C60H39N/c1-3-16-42(17-4-1)59-56-26-14-12-24-53(56)54-35-31-44(38-57(54)60(59)43-18-5-2-6-19-43)40-29-32-47(33-30-40)61(48-34-36-51-46(37-48)28-27-41-15-7-9-21-49(41)51)58-39-45-20-8-10-22-50(45)52-23-11-13-25-55(52)58/h1-39H. The van der Waals surface area contributed by atoms with Crippen LogP contribution >= 0.6 is 0 Å². The molecule has 12 rings (SSSR count). The van der Waals surface area contributed by atoms with Crippen molar-refractivity contribution in [3.8, 4) is 33.4 Å². The van der Waals surface area contributed by atoms with Crippen LogP contribution in [0, 0.1) is 0 Å². The monoisotopic (exact) mass is 773 g/mol. The van der Waals surface area contributed by atoms with Crippen LogP contribution in [0.15, 0.2) is 237 Å². The van der Waals surface area contributed by atoms with Crippen LogP contribution < -0.4 is 4.90 Å². The quantitative estimate of drug-likeness (QED) is 0.152. The Morgan fingerprint density at radius 1 is 0.213 bits per heavy atom. The first kappa shape index (κ1) is 35.0. The van der Waals surface area contributed by atoms with E-state index in [1.807, 2.05) is 0 Å². The average Bonchev–Trinajstić information content (AvgIpc) is 3.34. The van der Waals surface area contributed by atoms with Crippen molar-refractivity contribution < 1.29 is 0 Å². The van der Waals surface area contributed by atoms with Gasteiger partial charge in [-0.25, -0.2) is 0 Å². The number of rotatable bonds is 6. The van der Waals surface area contributed by atoms with Gasteiger partial charge in [-0.15, -0.1) is 0 Å². The Morgan fingerprint density at radius 3 is 1.36 bits per heavy atom. The summed E-state index contributed by atoms with van der Waals surface area (Å²) in [5.41, 5.74) is 10.7. The molecular formula is C60H39N. The van der Waals surface area contributed by atoms with Gasteiger partial charge in [0.1, 0.15) is 0 Å². The van der Waals surface area contributed by atoms with Crippen LogP contribution in [0.2, 0.25) is 0 Å². The first-order valence-electron chi connectivity index (χ1n) is 21.1. The molecule has 0 atom stereocenters. The summed E-state index contributed by atoms with van der Waals surface area (Å²) in [4.78, 5) is 2.44. The van der Waals surface area contributed by atoms with E-state index in [1.54, 1.807) is 0 Å². The van der Waals surface area contributed by atoms with Crippen LogP contribution in [0.1, 0.15) is 0 Å². The van der Waals surface area contributed by atoms with Crippen molar-refractivity contribution in [3.05, 3.63) is 237 Å². The van der Waals surface area contributed by atoms with Crippen LogP contribution in [0.3, 0.4) is 0 Å². The zero-order chi connectivity index (χ0) is 40.3. The molecule has 0 bridgehead atoms. The fourth-order valence-electron chi connectivity index (χ4n) is 9.77. The summed E-state index contributed by atoms with van der Waals surface area (Å²) in [6.07, 6.45) is 0. The lowest BCUT2D eigenvalue weighted by molar-refractivity contribution is 1.31. The van der Waals surface area contributed by atoms with E-state index in [0.29, 0.717) is 0 Å². The number of benzene rings is 12. The largest absolute Gasteiger partial charge is 0.310 e. The zero-order valence-corrected chi connectivity index (χ0v) is 33.5. The van der Waals surface area contributed by atoms with E-state index < -0.39 is 0 Å². The molecule has 0 N–H and O–H groups in total. The van der Waals surface area contributed by atoms with Gasteiger partial charge in [-0.3, -0.25) is 0 Å². The lowest BCUT2D eigenvalue weighted by atomic mass is 9.84. The fourth-order valence-corrected chi connectivity index (χ4v) is 9.77. The smallest absolute Gasteiger partial charge is 0.0546 e. The normalized spacial score (nSPS) is 11.6. The molecule has 0 saturated carbocycles. The van der Waals surface area contributed by atoms with Gasteiger partial charge >= 0.3 is 0 Å². The molecule has 0 heterocycles. The van der Waals surface area contributed by atoms with E-state index in [1.165, 1.54) is 98.0 Å². The number of fused-ring (bicyclic) bond motifs is 9. The van der Waals surface area contributed by atoms with Crippen molar-refractivity contribution in [1.82, 2.24) is 0 Å². The van der Waals surface area contributed by atoms with E-state index in [4.69, 9.17) is 0 Å². The average molecular weight is 774 g/mol. The predicted molar refractivity (Wildman–Crippen MR) is 262 cm³/mol. The van der Waals surface area contributed by atoms with Crippen molar-refractivity contribution in [3.63, 3.8) is 0 Å². The summed E-state index contributed by atoms with van der Waals surface area (Å²) in [7, 11) is 0. The summed E-state index contributed by atoms with van der Waals surface area (Å²) >= 11 is 0. The Kier molecular flexibility index (Phi) is 8.25. The number of hydrogen-bond acceptors (Lipinski definition) is 1. The minimum absolute atomic E-state index is 1.10. The summed E-state index contributed by atoms with van der Waals surface area (Å²) in [6, 6.07) is 86.9. The lowest BCUT2D eigenvalue weighted by Crippen LogP contribution is -2.10. The Balaban J connectivity index is 1.05. The molecule has 1 nitrogen and oxygen atoms in total. The van der Waals surface area contributed by atoms with Gasteiger partial charge in [-0.1, -0.05) is 200 Å². The van der Waals surface area contributed by atoms with Crippen molar-refractivity contribution in [2.45, 2.75) is 0 Å². The van der Waals surface area contributed by atoms with Gasteiger partial charge in [-0.05, 0) is 129 Å². The number of nitrogens with zero attached hydrogens (tertiary/aromatic N) is 1. The number of hydrogen-bond donors (Lipinski definition) is 0. The molecule has 0 aliphatic carbocycles. The molecule has 0 aliphatic rings. The third-order valence-electron chi connectivity index (χ3n) is 12.6. The maximum Gasteiger partial charge on any atom is 0.0546 e. The van der Waals surface area contributed by atoms with Crippen LogP contribution in [0.25, 0.3) is 98.0 Å². The summed E-state index contributed by atoms with van der Waals surface area (Å²) in [5, 5.41) is 15.0. The van der Waals surface area contributed by atoms with Gasteiger partial charge in [-0.2, -0.15) is 0 Å². The molecule has 0 fully saturated rings. The second kappa shape index (κ2) is 14.4. The van der Waals surface area contributed by atoms with Crippen LogP contribution in [0.4, 0.5) is 17.1 Å². The second-order valence-electron chi connectivity index (χ2n) is 16.0. The Labute approximate surface area is 355 Å². The molecule has 12 aromatic rings. The highest BCUT2D eigenvalue weighted by Crippen LogP contribution is 2.47. The first-order valence-corrected chi connectivity index (χ1v) is 21.1. The van der Waals surface area contributed by atoms with Crippen molar-refractivity contribution >= 4 is 81.7 Å². The summed E-state index contributed by atoms with van der Waals surface area (Å²) < 4.78 is 0. The highest BCUT2D eigenvalue weighted by molar-refractivity contribution is 6.22. The van der Waals surface area contributed by atoms with Gasteiger partial charge in [0.25, 0.3) is 0 Å². The van der Waals surface area contributed by atoms with E-state index >= 15 is 0 Å². The van der Waals surface area contributed by atoms with E-state index in [9.17, 15) is 0 Å². The molecule has 12 aromatic carbocycles. The summed E-state index contributed by atoms with van der Waals surface area (Å²) in [5.74, 6) is 0. The molecule has 0 saturated heterocycles. The highest BCUT2D eigenvalue weighted by Gasteiger charge is 2.20. The molecule has 0 unspecified atom stereocenters. The van der Waals surface area contributed by atoms with Crippen LogP contribution in [-0.2, 0) is 0 Å². The predicted octanol–water partition coefficient (Wildman–Crippen LogP) is 17.1. The topological polar surface area (TPSA) is 3.24 Å². The fraction of sp³-hybridized carbons (Fsp3) is 0. The molecule has 0 aliphatic heterocycles. The van der Waals surface area contributed by atoms with E-state index in [0.717, 1.165) is 17.1 Å². The van der Waals surface area contributed by atoms with Gasteiger partial charge in [0.15, 0.2) is 0 Å². The SMILES string of the molecule is c1ccc(-c2c(-c3ccccc3)c3cc(-c4ccc(N(c5ccc6c(ccc7ccccc76)c5)c5cc6ccccc6c6ccccc56)cc4)ccc3c3ccccc23)cc1. The van der Waals surface area contributed by atoms with E-state index in [2.05, 4.69) is 241 Å². The maximum absolute atomic E-state index is 2.44. The van der Waals surface area contributed by atoms with Gasteiger partial charge in [0.05, 0.1) is 5.69 Å². The first-order chi connectivity index (χ1) is 30.3. The summed E-state index contributed by atoms with van der Waals surface area (Å²) in [6.45, 7) is 0. The Bertz CT molecular complexity index is 3630. The number of anilines is 3. The van der Waals surface area contributed by atoms with E-state index in [-0.39, 0.29) is 0 Å². The maximum atomic E-state index is 2.44. The lowest BCUT2D eigenvalue weighted by Gasteiger charge is -2.28. The molecule has 0 radical (unpaired) electrons. The molecule has 0 amide bonds. The molecule has 0 aromatic heterocycles. The molecule has 61 heavy (non-hydrogen) atoms. The third-order valence-corrected chi connectivity index (χ3v) is 12.6. The van der Waals surface area contributed by atoms with Gasteiger partial charge in [0.2, 0.25) is 0 Å². The van der Waals surface area contributed by atoms with Crippen LogP contribution in [0.5, 0.6) is 0 Å². The Morgan fingerprint density at radius 2 is 0.656 bits per heavy atom. The third kappa shape index (κ3) is 5.86. The molecule has 284 valence electrons. The zero-order valence-electron chi connectivity index (χ0n) is 33.5. The Hall–Kier alpha value is -8.00. The minimum atomic E-state index is 1.10. The second-order valence-corrected chi connectivity index (χ2v) is 16.0. The molecule has 0 spiro atoms. The molecular weight excluding hydrogens is 735 g/mol. The van der Waals surface area contributed by atoms with Gasteiger partial charge in [0, 0.05) is 16.8 Å². The highest BCUT2D eigenvalue weighted by atomic mass is 15.1. The minimum Gasteiger partial charge on any atom is -0.310 e. The van der Waals surface area contributed by atoms with Crippen molar-refractivity contribution in [2.75, 3.05) is 4.90 Å². The van der Waals surface area contributed by atoms with Crippen molar-refractivity contribution in [2.24, 2.45) is 0 Å². The molecule has 1 heteroatoms. The van der Waals surface area contributed by atoms with Crippen LogP contribution in [-0.4, -0.2) is 0 Å². The van der Waals surface area contributed by atoms with Gasteiger partial charge < -0.3 is 4.90 Å². The van der Waals surface area contributed by atoms with Crippen molar-refractivity contribution in [1.29, 1.82) is 0 Å².